The highest BCUT2D eigenvalue weighted by molar-refractivity contribution is 7.12. The molecular formula is C17H11NOS2. The van der Waals surface area contributed by atoms with Crippen LogP contribution < -0.4 is 5.32 Å². The third-order valence-electron chi connectivity index (χ3n) is 2.72. The third-order valence-corrected chi connectivity index (χ3v) is 4.37. The van der Waals surface area contributed by atoms with Crippen molar-refractivity contribution < 1.29 is 4.79 Å². The lowest BCUT2D eigenvalue weighted by atomic mass is 10.2. The number of hydrogen-bond acceptors (Lipinski definition) is 3. The number of carbonyl (C=O) groups excluding carboxylic acids is 1. The van der Waals surface area contributed by atoms with Gasteiger partial charge >= 0.3 is 0 Å². The molecule has 21 heavy (non-hydrogen) atoms. The SMILES string of the molecule is O=C(Nc1cccc(C#Cc2cccs2)c1)c1cccs1. The van der Waals surface area contributed by atoms with E-state index in [-0.39, 0.29) is 5.91 Å². The summed E-state index contributed by atoms with van der Waals surface area (Å²) < 4.78 is 0. The molecule has 0 unspecified atom stereocenters. The van der Waals surface area contributed by atoms with Crippen molar-refractivity contribution in [3.8, 4) is 11.8 Å². The molecule has 2 heterocycles. The number of benzene rings is 1. The van der Waals surface area contributed by atoms with Crippen molar-refractivity contribution in [3.63, 3.8) is 0 Å². The van der Waals surface area contributed by atoms with Gasteiger partial charge in [0.2, 0.25) is 0 Å². The van der Waals surface area contributed by atoms with Gasteiger partial charge in [-0.2, -0.15) is 0 Å². The average molecular weight is 309 g/mol. The topological polar surface area (TPSA) is 29.1 Å². The Kier molecular flexibility index (Phi) is 4.15. The second-order valence-electron chi connectivity index (χ2n) is 4.24. The van der Waals surface area contributed by atoms with Crippen LogP contribution in [0.2, 0.25) is 0 Å². The van der Waals surface area contributed by atoms with Gasteiger partial charge in [-0.05, 0) is 41.1 Å². The number of anilines is 1. The van der Waals surface area contributed by atoms with Gasteiger partial charge in [0, 0.05) is 11.3 Å². The van der Waals surface area contributed by atoms with Crippen molar-refractivity contribution in [1.29, 1.82) is 0 Å². The first kappa shape index (κ1) is 13.6. The summed E-state index contributed by atoms with van der Waals surface area (Å²) in [6, 6.07) is 15.2. The fourth-order valence-corrected chi connectivity index (χ4v) is 2.95. The van der Waals surface area contributed by atoms with Gasteiger partial charge in [-0.15, -0.1) is 22.7 Å². The predicted octanol–water partition coefficient (Wildman–Crippen LogP) is 4.46. The molecular weight excluding hydrogens is 298 g/mol. The zero-order valence-corrected chi connectivity index (χ0v) is 12.6. The lowest BCUT2D eigenvalue weighted by Gasteiger charge is -2.03. The molecule has 0 atom stereocenters. The summed E-state index contributed by atoms with van der Waals surface area (Å²) in [7, 11) is 0. The van der Waals surface area contributed by atoms with Gasteiger partial charge in [0.15, 0.2) is 0 Å². The van der Waals surface area contributed by atoms with E-state index in [0.29, 0.717) is 4.88 Å². The van der Waals surface area contributed by atoms with Crippen LogP contribution in [-0.2, 0) is 0 Å². The average Bonchev–Trinajstić information content (AvgIpc) is 3.19. The fraction of sp³-hybridized carbons (Fsp3) is 0. The number of rotatable bonds is 2. The summed E-state index contributed by atoms with van der Waals surface area (Å²) in [5.74, 6) is 6.12. The molecule has 0 aliphatic heterocycles. The van der Waals surface area contributed by atoms with Crippen molar-refractivity contribution in [2.45, 2.75) is 0 Å². The van der Waals surface area contributed by atoms with E-state index in [0.717, 1.165) is 16.1 Å². The number of carbonyl (C=O) groups is 1. The van der Waals surface area contributed by atoms with Gasteiger partial charge in [-0.1, -0.05) is 30.0 Å². The molecule has 2 aromatic heterocycles. The van der Waals surface area contributed by atoms with E-state index in [1.54, 1.807) is 17.4 Å². The molecule has 0 fully saturated rings. The molecule has 0 bridgehead atoms. The van der Waals surface area contributed by atoms with Crippen molar-refractivity contribution in [2.24, 2.45) is 0 Å². The highest BCUT2D eigenvalue weighted by Crippen LogP contribution is 2.15. The Morgan fingerprint density at radius 1 is 0.952 bits per heavy atom. The highest BCUT2D eigenvalue weighted by atomic mass is 32.1. The van der Waals surface area contributed by atoms with Gasteiger partial charge in [-0.25, -0.2) is 0 Å². The van der Waals surface area contributed by atoms with Crippen molar-refractivity contribution in [3.05, 3.63) is 74.6 Å². The number of nitrogens with one attached hydrogen (secondary N) is 1. The van der Waals surface area contributed by atoms with Gasteiger partial charge < -0.3 is 5.32 Å². The fourth-order valence-electron chi connectivity index (χ4n) is 1.76. The predicted molar refractivity (Wildman–Crippen MR) is 89.0 cm³/mol. The third kappa shape index (κ3) is 3.60. The molecule has 3 rings (SSSR count). The molecule has 1 aromatic carbocycles. The summed E-state index contributed by atoms with van der Waals surface area (Å²) in [4.78, 5) is 13.7. The van der Waals surface area contributed by atoms with Crippen LogP contribution in [0.5, 0.6) is 0 Å². The van der Waals surface area contributed by atoms with E-state index < -0.39 is 0 Å². The second-order valence-corrected chi connectivity index (χ2v) is 6.13. The summed E-state index contributed by atoms with van der Waals surface area (Å²) in [6.45, 7) is 0. The summed E-state index contributed by atoms with van der Waals surface area (Å²) in [5.41, 5.74) is 1.64. The van der Waals surface area contributed by atoms with Crippen molar-refractivity contribution in [1.82, 2.24) is 0 Å². The minimum absolute atomic E-state index is 0.0895. The highest BCUT2D eigenvalue weighted by Gasteiger charge is 2.06. The van der Waals surface area contributed by atoms with Gasteiger partial charge in [-0.3, -0.25) is 4.79 Å². The van der Waals surface area contributed by atoms with E-state index in [9.17, 15) is 4.79 Å². The molecule has 2 nitrogen and oxygen atoms in total. The van der Waals surface area contributed by atoms with Crippen LogP contribution in [-0.4, -0.2) is 5.91 Å². The van der Waals surface area contributed by atoms with Crippen LogP contribution in [0.4, 0.5) is 5.69 Å². The monoisotopic (exact) mass is 309 g/mol. The Balaban J connectivity index is 1.76. The molecule has 0 saturated heterocycles. The Morgan fingerprint density at radius 3 is 2.57 bits per heavy atom. The molecule has 102 valence electrons. The second kappa shape index (κ2) is 6.40. The Hall–Kier alpha value is -2.35. The first-order valence-corrected chi connectivity index (χ1v) is 8.08. The summed E-state index contributed by atoms with van der Waals surface area (Å²) in [5, 5.41) is 6.77. The minimum atomic E-state index is -0.0895. The largest absolute Gasteiger partial charge is 0.321 e. The molecule has 1 N–H and O–H groups in total. The lowest BCUT2D eigenvalue weighted by molar-refractivity contribution is 0.103. The van der Waals surface area contributed by atoms with Crippen LogP contribution in [0.25, 0.3) is 0 Å². The van der Waals surface area contributed by atoms with Gasteiger partial charge in [0.05, 0.1) is 9.75 Å². The Labute approximate surface area is 131 Å². The van der Waals surface area contributed by atoms with Crippen molar-refractivity contribution >= 4 is 34.3 Å². The zero-order valence-electron chi connectivity index (χ0n) is 11.0. The van der Waals surface area contributed by atoms with E-state index in [4.69, 9.17) is 0 Å². The Bertz CT molecular complexity index is 793. The van der Waals surface area contributed by atoms with Crippen LogP contribution in [0, 0.1) is 11.8 Å². The van der Waals surface area contributed by atoms with E-state index in [1.807, 2.05) is 53.2 Å². The van der Waals surface area contributed by atoms with Crippen LogP contribution in [0.1, 0.15) is 20.1 Å². The number of amides is 1. The normalized spacial score (nSPS) is 9.71. The van der Waals surface area contributed by atoms with Crippen LogP contribution in [0.3, 0.4) is 0 Å². The molecule has 0 radical (unpaired) electrons. The van der Waals surface area contributed by atoms with Gasteiger partial charge in [0.25, 0.3) is 5.91 Å². The van der Waals surface area contributed by atoms with Crippen LogP contribution >= 0.6 is 22.7 Å². The number of thiophene rings is 2. The maximum absolute atomic E-state index is 12.0. The molecule has 3 aromatic rings. The van der Waals surface area contributed by atoms with E-state index >= 15 is 0 Å². The molecule has 0 aliphatic rings. The Morgan fingerprint density at radius 2 is 1.81 bits per heavy atom. The minimum Gasteiger partial charge on any atom is -0.321 e. The van der Waals surface area contributed by atoms with Gasteiger partial charge in [0.1, 0.15) is 0 Å². The maximum Gasteiger partial charge on any atom is 0.265 e. The maximum atomic E-state index is 12.0. The quantitative estimate of drug-likeness (QED) is 0.696. The van der Waals surface area contributed by atoms with Crippen LogP contribution in [0.15, 0.2) is 59.3 Å². The first-order chi connectivity index (χ1) is 10.3. The standard InChI is InChI=1S/C17H11NOS2/c19-17(16-7-3-11-21-16)18-14-5-1-4-13(12-14)8-9-15-6-2-10-20-15/h1-7,10-12H,(H,18,19). The van der Waals surface area contributed by atoms with E-state index in [1.165, 1.54) is 11.3 Å². The molecule has 1 amide bonds. The smallest absolute Gasteiger partial charge is 0.265 e. The first-order valence-electron chi connectivity index (χ1n) is 6.32. The molecule has 0 spiro atoms. The zero-order chi connectivity index (χ0) is 14.5. The molecule has 0 saturated carbocycles. The van der Waals surface area contributed by atoms with E-state index in [2.05, 4.69) is 17.2 Å². The molecule has 4 heteroatoms. The molecule has 0 aliphatic carbocycles. The summed E-state index contributed by atoms with van der Waals surface area (Å²) in [6.07, 6.45) is 0. The summed E-state index contributed by atoms with van der Waals surface area (Å²) >= 11 is 3.04. The lowest BCUT2D eigenvalue weighted by Crippen LogP contribution is -2.09. The van der Waals surface area contributed by atoms with Crippen molar-refractivity contribution in [2.75, 3.05) is 5.32 Å². The number of hydrogen-bond donors (Lipinski definition) is 1.